The monoisotopic (exact) mass is 457 g/mol. The highest BCUT2D eigenvalue weighted by atomic mass is 32.2. The Morgan fingerprint density at radius 2 is 1.81 bits per heavy atom. The van der Waals surface area contributed by atoms with Crippen LogP contribution in [-0.2, 0) is 21.2 Å². The first-order chi connectivity index (χ1) is 15.2. The third-order valence-electron chi connectivity index (χ3n) is 4.98. The zero-order chi connectivity index (χ0) is 23.3. The molecule has 0 aliphatic carbocycles. The van der Waals surface area contributed by atoms with Crippen molar-refractivity contribution in [1.29, 1.82) is 0 Å². The number of nitrogens with one attached hydrogen (secondary N) is 1. The number of carbonyl (C=O) groups is 1. The molecule has 1 unspecified atom stereocenters. The van der Waals surface area contributed by atoms with Gasteiger partial charge in [0.2, 0.25) is 15.9 Å². The smallest absolute Gasteiger partial charge is 0.241 e. The van der Waals surface area contributed by atoms with Gasteiger partial charge in [0.25, 0.3) is 0 Å². The van der Waals surface area contributed by atoms with E-state index in [1.165, 1.54) is 12.3 Å². The lowest BCUT2D eigenvalue weighted by atomic mass is 10.1. The van der Waals surface area contributed by atoms with Gasteiger partial charge in [-0.25, -0.2) is 8.42 Å². The molecular formula is C24H31N3O4S. The predicted octanol–water partition coefficient (Wildman–Crippen LogP) is 3.86. The minimum atomic E-state index is -3.94. The minimum Gasteiger partial charge on any atom is -0.464 e. The van der Waals surface area contributed by atoms with Crippen LogP contribution in [0.3, 0.4) is 0 Å². The number of furan rings is 1. The van der Waals surface area contributed by atoms with Gasteiger partial charge in [-0.05, 0) is 54.2 Å². The van der Waals surface area contributed by atoms with Gasteiger partial charge in [0, 0.05) is 30.9 Å². The van der Waals surface area contributed by atoms with Crippen molar-refractivity contribution in [3.05, 3.63) is 60.6 Å². The molecular weight excluding hydrogens is 426 g/mol. The molecule has 0 saturated carbocycles. The highest BCUT2D eigenvalue weighted by molar-refractivity contribution is 7.89. The maximum atomic E-state index is 13.6. The number of benzene rings is 1. The van der Waals surface area contributed by atoms with Crippen molar-refractivity contribution >= 4 is 26.9 Å². The number of carbonyl (C=O) groups excluding carboxylic acids is 1. The van der Waals surface area contributed by atoms with Crippen LogP contribution in [0.15, 0.2) is 64.4 Å². The molecule has 1 N–H and O–H groups in total. The first-order valence-corrected chi connectivity index (χ1v) is 12.3. The highest BCUT2D eigenvalue weighted by Gasteiger charge is 2.30. The summed E-state index contributed by atoms with van der Waals surface area (Å²) in [6, 6.07) is 9.03. The summed E-state index contributed by atoms with van der Waals surface area (Å²) in [5.41, 5.74) is 1.39. The van der Waals surface area contributed by atoms with Gasteiger partial charge in [0.1, 0.15) is 11.6 Å². The molecule has 0 saturated heterocycles. The Hall–Kier alpha value is -2.71. The Morgan fingerprint density at radius 1 is 1.09 bits per heavy atom. The molecule has 0 aliphatic rings. The average Bonchev–Trinajstić information content (AvgIpc) is 3.20. The topological polar surface area (TPSA) is 92.5 Å². The van der Waals surface area contributed by atoms with Gasteiger partial charge >= 0.3 is 0 Å². The Balaban J connectivity index is 1.92. The number of hydrogen-bond donors (Lipinski definition) is 1. The third kappa shape index (κ3) is 6.17. The highest BCUT2D eigenvalue weighted by Crippen LogP contribution is 2.21. The van der Waals surface area contributed by atoms with Gasteiger partial charge in [-0.15, -0.1) is 0 Å². The van der Waals surface area contributed by atoms with Crippen molar-refractivity contribution in [2.45, 2.75) is 45.1 Å². The van der Waals surface area contributed by atoms with Crippen molar-refractivity contribution in [2.75, 3.05) is 13.1 Å². The standard InChI is InChI=1S/C24H31N3O4S/c1-17(2)15-27(16-18(3)4)24(28)22(12-19-6-5-10-25-14-19)26-32(29,30)21-7-8-23-20(13-21)9-11-31-23/h5-11,13-14,17-18,22,26H,12,15-16H2,1-4H3. The van der Waals surface area contributed by atoms with E-state index in [1.54, 1.807) is 41.6 Å². The molecule has 1 atom stereocenters. The van der Waals surface area contributed by atoms with Crippen LogP contribution in [0.25, 0.3) is 11.0 Å². The fraction of sp³-hybridized carbons (Fsp3) is 0.417. The molecule has 172 valence electrons. The van der Waals surface area contributed by atoms with E-state index in [9.17, 15) is 13.2 Å². The molecule has 2 heterocycles. The Labute approximate surface area is 189 Å². The molecule has 0 fully saturated rings. The molecule has 0 aliphatic heterocycles. The van der Waals surface area contributed by atoms with E-state index in [0.717, 1.165) is 5.56 Å². The van der Waals surface area contributed by atoms with Crippen molar-refractivity contribution in [3.8, 4) is 0 Å². The lowest BCUT2D eigenvalue weighted by Gasteiger charge is -2.30. The minimum absolute atomic E-state index is 0.0923. The maximum Gasteiger partial charge on any atom is 0.241 e. The number of hydrogen-bond acceptors (Lipinski definition) is 5. The van der Waals surface area contributed by atoms with Crippen LogP contribution < -0.4 is 4.72 Å². The SMILES string of the molecule is CC(C)CN(CC(C)C)C(=O)C(Cc1cccnc1)NS(=O)(=O)c1ccc2occc2c1. The molecule has 8 heteroatoms. The van der Waals surface area contributed by atoms with Crippen molar-refractivity contribution in [3.63, 3.8) is 0 Å². The number of aromatic nitrogens is 1. The van der Waals surface area contributed by atoms with E-state index in [0.29, 0.717) is 24.1 Å². The molecule has 3 rings (SSSR count). The van der Waals surface area contributed by atoms with Crippen molar-refractivity contribution in [1.82, 2.24) is 14.6 Å². The summed E-state index contributed by atoms with van der Waals surface area (Å²) in [6.45, 7) is 9.29. The van der Waals surface area contributed by atoms with Gasteiger partial charge in [-0.3, -0.25) is 9.78 Å². The van der Waals surface area contributed by atoms with E-state index in [1.807, 2.05) is 33.8 Å². The van der Waals surface area contributed by atoms with E-state index in [-0.39, 0.29) is 29.1 Å². The summed E-state index contributed by atoms with van der Waals surface area (Å²) < 4.78 is 34.5. The quantitative estimate of drug-likeness (QED) is 0.499. The number of nitrogens with zero attached hydrogens (tertiary/aromatic N) is 2. The van der Waals surface area contributed by atoms with Crippen molar-refractivity contribution < 1.29 is 17.6 Å². The molecule has 1 aromatic carbocycles. The van der Waals surface area contributed by atoms with Crippen LogP contribution in [0, 0.1) is 11.8 Å². The second kappa shape index (κ2) is 10.3. The van der Waals surface area contributed by atoms with Crippen LogP contribution in [0.1, 0.15) is 33.3 Å². The maximum absolute atomic E-state index is 13.6. The molecule has 32 heavy (non-hydrogen) atoms. The number of fused-ring (bicyclic) bond motifs is 1. The second-order valence-corrected chi connectivity index (χ2v) is 10.6. The number of amides is 1. The first kappa shape index (κ1) is 23.9. The van der Waals surface area contributed by atoms with Gasteiger partial charge in [-0.2, -0.15) is 4.72 Å². The molecule has 1 amide bonds. The molecule has 7 nitrogen and oxygen atoms in total. The van der Waals surface area contributed by atoms with Gasteiger partial charge in [0.05, 0.1) is 11.2 Å². The third-order valence-corrected chi connectivity index (χ3v) is 6.44. The summed E-state index contributed by atoms with van der Waals surface area (Å²) in [5.74, 6) is 0.290. The fourth-order valence-electron chi connectivity index (χ4n) is 3.66. The van der Waals surface area contributed by atoms with Crippen LogP contribution in [0.2, 0.25) is 0 Å². The summed E-state index contributed by atoms with van der Waals surface area (Å²) in [7, 11) is -3.94. The predicted molar refractivity (Wildman–Crippen MR) is 125 cm³/mol. The normalized spacial score (nSPS) is 13.1. The summed E-state index contributed by atoms with van der Waals surface area (Å²) in [6.07, 6.45) is 5.03. The fourth-order valence-corrected chi connectivity index (χ4v) is 4.88. The van der Waals surface area contributed by atoms with Gasteiger partial charge in [0.15, 0.2) is 0 Å². The van der Waals surface area contributed by atoms with E-state index >= 15 is 0 Å². The molecule has 3 aromatic rings. The zero-order valence-electron chi connectivity index (χ0n) is 19.0. The molecule has 2 aromatic heterocycles. The van der Waals surface area contributed by atoms with Gasteiger partial charge < -0.3 is 9.32 Å². The van der Waals surface area contributed by atoms with Crippen LogP contribution >= 0.6 is 0 Å². The van der Waals surface area contributed by atoms with E-state index < -0.39 is 16.1 Å². The second-order valence-electron chi connectivity index (χ2n) is 8.89. The lowest BCUT2D eigenvalue weighted by Crippen LogP contribution is -2.51. The molecule has 0 spiro atoms. The van der Waals surface area contributed by atoms with Crippen molar-refractivity contribution in [2.24, 2.45) is 11.8 Å². The summed E-state index contributed by atoms with van der Waals surface area (Å²) in [5, 5.41) is 0.684. The van der Waals surface area contributed by atoms with Gasteiger partial charge in [-0.1, -0.05) is 33.8 Å². The largest absolute Gasteiger partial charge is 0.464 e. The lowest BCUT2D eigenvalue weighted by molar-refractivity contribution is -0.134. The zero-order valence-corrected chi connectivity index (χ0v) is 19.8. The van der Waals surface area contributed by atoms with E-state index in [4.69, 9.17) is 4.42 Å². The molecule has 0 radical (unpaired) electrons. The van der Waals surface area contributed by atoms with Crippen LogP contribution in [0.5, 0.6) is 0 Å². The average molecular weight is 458 g/mol. The van der Waals surface area contributed by atoms with Crippen LogP contribution in [0.4, 0.5) is 0 Å². The number of pyridine rings is 1. The summed E-state index contributed by atoms with van der Waals surface area (Å²) >= 11 is 0. The van der Waals surface area contributed by atoms with E-state index in [2.05, 4.69) is 9.71 Å². The molecule has 0 bridgehead atoms. The van der Waals surface area contributed by atoms with Crippen LogP contribution in [-0.4, -0.2) is 43.3 Å². The summed E-state index contributed by atoms with van der Waals surface area (Å²) in [4.78, 5) is 19.5. The number of sulfonamides is 1. The Kier molecular flexibility index (Phi) is 7.69. The Morgan fingerprint density at radius 3 is 2.44 bits per heavy atom. The first-order valence-electron chi connectivity index (χ1n) is 10.8. The Bertz CT molecular complexity index is 1130. The number of rotatable bonds is 10.